The Morgan fingerprint density at radius 3 is 1.70 bits per heavy atom. The zero-order valence-electron chi connectivity index (χ0n) is 6.77. The van der Waals surface area contributed by atoms with E-state index >= 15 is 0 Å². The second-order valence-electron chi connectivity index (χ2n) is 3.09. The van der Waals surface area contributed by atoms with Crippen molar-refractivity contribution >= 4 is 0 Å². The van der Waals surface area contributed by atoms with E-state index in [0.717, 1.165) is 17.4 Å². The van der Waals surface area contributed by atoms with Crippen LogP contribution in [0.4, 0.5) is 0 Å². The maximum absolute atomic E-state index is 8.42. The van der Waals surface area contributed by atoms with Gasteiger partial charge >= 0.3 is 0 Å². The molecule has 0 fully saturated rings. The Hall–Kier alpha value is 0.872. The summed E-state index contributed by atoms with van der Waals surface area (Å²) in [7, 11) is 6.36. The summed E-state index contributed by atoms with van der Waals surface area (Å²) in [4.78, 5) is 0. The van der Waals surface area contributed by atoms with E-state index in [4.69, 9.17) is 5.11 Å². The van der Waals surface area contributed by atoms with Crippen molar-refractivity contribution in [2.24, 2.45) is 0 Å². The molecule has 10 heavy (non-hydrogen) atoms. The molecule has 0 aromatic carbocycles. The summed E-state index contributed by atoms with van der Waals surface area (Å²) < 4.78 is 0.945. The van der Waals surface area contributed by atoms with Gasteiger partial charge in [-0.3, -0.25) is 0 Å². The standard InChI is InChI=1S/C6H16NO.ClH.Re/c1-7(2,3)5-4-6-8;;/h8H,4-6H2,1-3H3;1H;/q+1;;/p-1. The summed E-state index contributed by atoms with van der Waals surface area (Å²) in [6.45, 7) is 1.37. The maximum atomic E-state index is 8.42. The van der Waals surface area contributed by atoms with Crippen LogP contribution in [0.15, 0.2) is 0 Å². The van der Waals surface area contributed by atoms with E-state index in [2.05, 4.69) is 21.1 Å². The molecule has 1 radical (unpaired) electrons. The van der Waals surface area contributed by atoms with E-state index in [-0.39, 0.29) is 32.8 Å². The molecule has 1 N–H and O–H groups in total. The van der Waals surface area contributed by atoms with E-state index in [1.165, 1.54) is 0 Å². The van der Waals surface area contributed by atoms with Crippen LogP contribution < -0.4 is 12.4 Å². The molecular formula is C6H16ClNORe. The van der Waals surface area contributed by atoms with Crippen molar-refractivity contribution in [1.82, 2.24) is 0 Å². The molecule has 0 saturated carbocycles. The SMILES string of the molecule is C[N+](C)(C)CCCO.[Cl-].[Re]. The fourth-order valence-corrected chi connectivity index (χ4v) is 0.545. The van der Waals surface area contributed by atoms with Crippen LogP contribution in [0.3, 0.4) is 0 Å². The fraction of sp³-hybridized carbons (Fsp3) is 1.00. The number of rotatable bonds is 3. The van der Waals surface area contributed by atoms with Gasteiger partial charge in [-0.2, -0.15) is 0 Å². The van der Waals surface area contributed by atoms with Gasteiger partial charge in [-0.1, -0.05) is 0 Å². The van der Waals surface area contributed by atoms with Gasteiger partial charge in [0.1, 0.15) is 0 Å². The van der Waals surface area contributed by atoms with Gasteiger partial charge in [-0.15, -0.1) is 0 Å². The largest absolute Gasteiger partial charge is 1.00 e. The smallest absolute Gasteiger partial charge is 0.0802 e. The van der Waals surface area contributed by atoms with Gasteiger partial charge in [-0.05, 0) is 0 Å². The molecular weight excluding hydrogens is 324 g/mol. The Balaban J connectivity index is -0.000000245. The monoisotopic (exact) mass is 340 g/mol. The van der Waals surface area contributed by atoms with Crippen LogP contribution in [0.2, 0.25) is 0 Å². The van der Waals surface area contributed by atoms with Crippen molar-refractivity contribution in [2.75, 3.05) is 34.3 Å². The average molecular weight is 340 g/mol. The van der Waals surface area contributed by atoms with Crippen molar-refractivity contribution in [1.29, 1.82) is 0 Å². The summed E-state index contributed by atoms with van der Waals surface area (Å²) in [6.07, 6.45) is 0.906. The molecule has 0 aromatic heterocycles. The Labute approximate surface area is 83.3 Å². The van der Waals surface area contributed by atoms with Gasteiger partial charge < -0.3 is 22.0 Å². The molecule has 0 spiro atoms. The Kier molecular flexibility index (Phi) is 13.6. The number of halogens is 1. The molecule has 0 bridgehead atoms. The van der Waals surface area contributed by atoms with Crippen molar-refractivity contribution in [3.8, 4) is 0 Å². The van der Waals surface area contributed by atoms with E-state index < -0.39 is 0 Å². The van der Waals surface area contributed by atoms with Crippen molar-refractivity contribution < 1.29 is 42.4 Å². The van der Waals surface area contributed by atoms with Gasteiger partial charge in [-0.25, -0.2) is 0 Å². The summed E-state index contributed by atoms with van der Waals surface area (Å²) in [5.74, 6) is 0. The Morgan fingerprint density at radius 1 is 1.20 bits per heavy atom. The molecule has 0 heterocycles. The zero-order valence-corrected chi connectivity index (χ0v) is 10.2. The summed E-state index contributed by atoms with van der Waals surface area (Å²) >= 11 is 0. The minimum Gasteiger partial charge on any atom is -1.00 e. The minimum atomic E-state index is 0. The number of aliphatic hydroxyl groups is 1. The summed E-state index contributed by atoms with van der Waals surface area (Å²) in [6, 6.07) is 0. The number of hydrogen-bond donors (Lipinski definition) is 1. The van der Waals surface area contributed by atoms with Crippen LogP contribution in [0.5, 0.6) is 0 Å². The molecule has 0 saturated heterocycles. The summed E-state index contributed by atoms with van der Waals surface area (Å²) in [5, 5.41) is 8.42. The average Bonchev–Trinajstić information content (AvgIpc) is 1.59. The van der Waals surface area contributed by atoms with Gasteiger partial charge in [0, 0.05) is 33.5 Å². The van der Waals surface area contributed by atoms with Gasteiger partial charge in [0.05, 0.1) is 27.7 Å². The molecule has 0 unspecified atom stereocenters. The van der Waals surface area contributed by atoms with Crippen molar-refractivity contribution in [3.63, 3.8) is 0 Å². The van der Waals surface area contributed by atoms with Crippen LogP contribution in [0, 0.1) is 0 Å². The van der Waals surface area contributed by atoms with Crippen LogP contribution in [0.1, 0.15) is 6.42 Å². The number of quaternary nitrogens is 1. The Morgan fingerprint density at radius 2 is 1.60 bits per heavy atom. The van der Waals surface area contributed by atoms with Gasteiger partial charge in [0.2, 0.25) is 0 Å². The molecule has 0 aliphatic rings. The summed E-state index contributed by atoms with van der Waals surface area (Å²) in [5.41, 5.74) is 0. The van der Waals surface area contributed by atoms with E-state index in [0.29, 0.717) is 6.61 Å². The topological polar surface area (TPSA) is 20.2 Å². The Bertz CT molecular complexity index is 65.3. The molecule has 0 amide bonds. The second-order valence-corrected chi connectivity index (χ2v) is 3.09. The van der Waals surface area contributed by atoms with Crippen LogP contribution in [-0.2, 0) is 20.4 Å². The van der Waals surface area contributed by atoms with Crippen LogP contribution >= 0.6 is 0 Å². The van der Waals surface area contributed by atoms with E-state index in [1.807, 2.05) is 0 Å². The molecule has 2 nitrogen and oxygen atoms in total. The molecule has 0 aliphatic heterocycles. The second kappa shape index (κ2) is 7.97. The third-order valence-corrected chi connectivity index (χ3v) is 0.987. The number of hydrogen-bond acceptors (Lipinski definition) is 1. The van der Waals surface area contributed by atoms with E-state index in [1.54, 1.807) is 0 Å². The maximum Gasteiger partial charge on any atom is 0.0802 e. The van der Waals surface area contributed by atoms with Crippen molar-refractivity contribution in [3.05, 3.63) is 0 Å². The zero-order chi connectivity index (χ0) is 6.62. The number of aliphatic hydroxyl groups excluding tert-OH is 1. The quantitative estimate of drug-likeness (QED) is 0.546. The first-order valence-electron chi connectivity index (χ1n) is 2.97. The van der Waals surface area contributed by atoms with Gasteiger partial charge in [0.15, 0.2) is 0 Å². The molecule has 0 rings (SSSR count). The first-order chi connectivity index (χ1) is 3.56. The molecule has 65 valence electrons. The predicted molar refractivity (Wildman–Crippen MR) is 34.6 cm³/mol. The predicted octanol–water partition coefficient (Wildman–Crippen LogP) is -2.92. The third kappa shape index (κ3) is 15.9. The third-order valence-electron chi connectivity index (χ3n) is 0.987. The normalized spacial score (nSPS) is 9.60. The first-order valence-corrected chi connectivity index (χ1v) is 2.97. The fourth-order valence-electron chi connectivity index (χ4n) is 0.545. The van der Waals surface area contributed by atoms with Gasteiger partial charge in [0.25, 0.3) is 0 Å². The van der Waals surface area contributed by atoms with E-state index in [9.17, 15) is 0 Å². The molecule has 0 aliphatic carbocycles. The van der Waals surface area contributed by atoms with Crippen LogP contribution in [-0.4, -0.2) is 43.9 Å². The number of nitrogens with zero attached hydrogens (tertiary/aromatic N) is 1. The van der Waals surface area contributed by atoms with Crippen LogP contribution in [0.25, 0.3) is 0 Å². The molecule has 4 heteroatoms. The van der Waals surface area contributed by atoms with Crippen molar-refractivity contribution in [2.45, 2.75) is 6.42 Å². The first kappa shape index (κ1) is 17.1. The molecule has 0 atom stereocenters. The molecule has 0 aromatic rings. The minimum absolute atomic E-state index is 0.